The van der Waals surface area contributed by atoms with Crippen LogP contribution in [0, 0.1) is 5.92 Å². The molecule has 3 amide bonds. The number of carbonyl (C=O) groups is 4. The molecular formula is C20H39N7O5S. The number of carbonyl (C=O) groups excluding carboxylic acids is 3. The van der Waals surface area contributed by atoms with Crippen LogP contribution in [0.15, 0.2) is 4.99 Å². The molecule has 13 heteroatoms. The number of rotatable bonds is 16. The van der Waals surface area contributed by atoms with Crippen LogP contribution in [-0.4, -0.2) is 77.5 Å². The van der Waals surface area contributed by atoms with Crippen molar-refractivity contribution in [1.29, 1.82) is 0 Å². The summed E-state index contributed by atoms with van der Waals surface area (Å²) in [4.78, 5) is 52.9. The smallest absolute Gasteiger partial charge is 0.326 e. The summed E-state index contributed by atoms with van der Waals surface area (Å²) >= 11 is 1.48. The van der Waals surface area contributed by atoms with E-state index >= 15 is 0 Å². The molecule has 5 unspecified atom stereocenters. The Kier molecular flexibility index (Phi) is 14.9. The van der Waals surface area contributed by atoms with Gasteiger partial charge in [-0.1, -0.05) is 20.3 Å². The lowest BCUT2D eigenvalue weighted by Crippen LogP contribution is -2.57. The van der Waals surface area contributed by atoms with E-state index in [-0.39, 0.29) is 31.3 Å². The fraction of sp³-hybridized carbons (Fsp3) is 0.750. The van der Waals surface area contributed by atoms with Crippen LogP contribution in [0.25, 0.3) is 0 Å². The maximum absolute atomic E-state index is 12.7. The van der Waals surface area contributed by atoms with Gasteiger partial charge in [0.15, 0.2) is 5.96 Å². The number of amides is 3. The average Bonchev–Trinajstić information content (AvgIpc) is 2.76. The molecule has 10 N–H and O–H groups in total. The minimum absolute atomic E-state index is 0.0553. The molecule has 0 aliphatic rings. The van der Waals surface area contributed by atoms with Crippen LogP contribution in [0.3, 0.4) is 0 Å². The lowest BCUT2D eigenvalue weighted by molar-refractivity contribution is -0.142. The fourth-order valence-electron chi connectivity index (χ4n) is 2.72. The van der Waals surface area contributed by atoms with Gasteiger partial charge in [-0.2, -0.15) is 11.8 Å². The van der Waals surface area contributed by atoms with E-state index in [1.54, 1.807) is 0 Å². The number of aliphatic imine (C=N–C) groups is 1. The molecule has 0 radical (unpaired) electrons. The second kappa shape index (κ2) is 16.1. The van der Waals surface area contributed by atoms with Gasteiger partial charge in [0, 0.05) is 6.54 Å². The van der Waals surface area contributed by atoms with Crippen molar-refractivity contribution in [2.75, 3.05) is 18.6 Å². The molecule has 0 heterocycles. The maximum Gasteiger partial charge on any atom is 0.326 e. The Labute approximate surface area is 199 Å². The number of aliphatic carboxylic acids is 1. The Balaban J connectivity index is 5.08. The fourth-order valence-corrected chi connectivity index (χ4v) is 3.19. The number of guanidine groups is 1. The van der Waals surface area contributed by atoms with Gasteiger partial charge >= 0.3 is 5.97 Å². The van der Waals surface area contributed by atoms with E-state index in [1.165, 1.54) is 18.7 Å². The van der Waals surface area contributed by atoms with Gasteiger partial charge in [-0.25, -0.2) is 4.79 Å². The first kappa shape index (κ1) is 30.5. The molecule has 0 bridgehead atoms. The van der Waals surface area contributed by atoms with Crippen LogP contribution in [0.1, 0.15) is 46.5 Å². The summed E-state index contributed by atoms with van der Waals surface area (Å²) in [5, 5.41) is 17.0. The maximum atomic E-state index is 12.7. The Bertz CT molecular complexity index is 688. The van der Waals surface area contributed by atoms with Crippen molar-refractivity contribution in [3.63, 3.8) is 0 Å². The Morgan fingerprint density at radius 2 is 1.58 bits per heavy atom. The second-order valence-corrected chi connectivity index (χ2v) is 8.82. The number of hydrogen-bond donors (Lipinski definition) is 7. The van der Waals surface area contributed by atoms with Gasteiger partial charge in [0.2, 0.25) is 17.7 Å². The van der Waals surface area contributed by atoms with Crippen LogP contribution in [0.4, 0.5) is 0 Å². The van der Waals surface area contributed by atoms with Crippen LogP contribution in [-0.2, 0) is 19.2 Å². The first-order valence-electron chi connectivity index (χ1n) is 10.9. The molecule has 0 aromatic rings. The van der Waals surface area contributed by atoms with Gasteiger partial charge in [0.25, 0.3) is 0 Å². The van der Waals surface area contributed by atoms with Crippen molar-refractivity contribution < 1.29 is 24.3 Å². The molecule has 190 valence electrons. The van der Waals surface area contributed by atoms with Gasteiger partial charge < -0.3 is 38.3 Å². The summed E-state index contributed by atoms with van der Waals surface area (Å²) in [5.74, 6) is -2.45. The number of thioether (sulfide) groups is 1. The number of nitrogens with zero attached hydrogens (tertiary/aromatic N) is 1. The molecule has 0 aliphatic carbocycles. The van der Waals surface area contributed by atoms with E-state index in [9.17, 15) is 24.3 Å². The molecular weight excluding hydrogens is 450 g/mol. The largest absolute Gasteiger partial charge is 0.480 e. The number of carboxylic acids is 1. The van der Waals surface area contributed by atoms with Crippen LogP contribution < -0.4 is 33.2 Å². The summed E-state index contributed by atoms with van der Waals surface area (Å²) in [5.41, 5.74) is 16.4. The molecule has 12 nitrogen and oxygen atoms in total. The number of carboxylic acid groups (broad SMARTS) is 1. The zero-order valence-electron chi connectivity index (χ0n) is 19.8. The van der Waals surface area contributed by atoms with Crippen molar-refractivity contribution in [2.45, 2.75) is 70.6 Å². The average molecular weight is 490 g/mol. The van der Waals surface area contributed by atoms with E-state index < -0.39 is 47.9 Å². The molecule has 0 fully saturated rings. The monoisotopic (exact) mass is 489 g/mol. The lowest BCUT2D eigenvalue weighted by Gasteiger charge is -2.24. The van der Waals surface area contributed by atoms with Gasteiger partial charge in [0.05, 0.1) is 6.04 Å². The summed E-state index contributed by atoms with van der Waals surface area (Å²) in [6, 6.07) is -3.80. The van der Waals surface area contributed by atoms with E-state index in [0.717, 1.165) is 0 Å². The highest BCUT2D eigenvalue weighted by molar-refractivity contribution is 7.98. The molecule has 5 atom stereocenters. The predicted octanol–water partition coefficient (Wildman–Crippen LogP) is -1.27. The zero-order valence-corrected chi connectivity index (χ0v) is 20.6. The van der Waals surface area contributed by atoms with E-state index in [1.807, 2.05) is 20.1 Å². The van der Waals surface area contributed by atoms with Gasteiger partial charge in [-0.05, 0) is 44.1 Å². The molecule has 0 aliphatic heterocycles. The Morgan fingerprint density at radius 1 is 0.970 bits per heavy atom. The molecule has 0 spiro atoms. The molecule has 33 heavy (non-hydrogen) atoms. The minimum atomic E-state index is -1.21. The Morgan fingerprint density at radius 3 is 2.09 bits per heavy atom. The first-order valence-corrected chi connectivity index (χ1v) is 12.3. The number of hydrogen-bond acceptors (Lipinski definition) is 7. The standard InChI is InChI=1S/C20H39N7O5S/c1-5-11(2)15(21)18(30)25-12(3)16(28)26-13(8-10-33-4)17(29)27-14(19(31)32)7-6-9-24-20(22)23/h11-15H,5-10,21H2,1-4H3,(H,25,30)(H,26,28)(H,27,29)(H,31,32)(H4,22,23,24). The minimum Gasteiger partial charge on any atom is -0.480 e. The number of nitrogens with one attached hydrogen (secondary N) is 3. The predicted molar refractivity (Wildman–Crippen MR) is 129 cm³/mol. The highest BCUT2D eigenvalue weighted by atomic mass is 32.2. The van der Waals surface area contributed by atoms with Crippen LogP contribution >= 0.6 is 11.8 Å². The SMILES string of the molecule is CCC(C)C(N)C(=O)NC(C)C(=O)NC(CCSC)C(=O)NC(CCCN=C(N)N)C(=O)O. The van der Waals surface area contributed by atoms with Crippen molar-refractivity contribution in [1.82, 2.24) is 16.0 Å². The van der Waals surface area contributed by atoms with E-state index in [0.29, 0.717) is 18.6 Å². The van der Waals surface area contributed by atoms with Gasteiger partial charge in [-0.3, -0.25) is 19.4 Å². The zero-order chi connectivity index (χ0) is 25.6. The molecule has 0 aromatic carbocycles. The van der Waals surface area contributed by atoms with E-state index in [2.05, 4.69) is 20.9 Å². The van der Waals surface area contributed by atoms with Crippen LogP contribution in [0.5, 0.6) is 0 Å². The highest BCUT2D eigenvalue weighted by Crippen LogP contribution is 2.07. The van der Waals surface area contributed by atoms with E-state index in [4.69, 9.17) is 17.2 Å². The third-order valence-electron chi connectivity index (χ3n) is 5.12. The molecule has 0 rings (SSSR count). The summed E-state index contributed by atoms with van der Waals surface area (Å²) in [6.07, 6.45) is 3.30. The topological polar surface area (TPSA) is 215 Å². The van der Waals surface area contributed by atoms with Crippen molar-refractivity contribution >= 4 is 41.4 Å². The molecule has 0 aromatic heterocycles. The third kappa shape index (κ3) is 12.3. The lowest BCUT2D eigenvalue weighted by atomic mass is 9.99. The van der Waals surface area contributed by atoms with Crippen molar-refractivity contribution in [3.05, 3.63) is 0 Å². The third-order valence-corrected chi connectivity index (χ3v) is 5.76. The van der Waals surface area contributed by atoms with Crippen molar-refractivity contribution in [2.24, 2.45) is 28.1 Å². The summed E-state index contributed by atoms with van der Waals surface area (Å²) < 4.78 is 0. The second-order valence-electron chi connectivity index (χ2n) is 7.83. The quantitative estimate of drug-likeness (QED) is 0.0779. The molecule has 0 saturated carbocycles. The van der Waals surface area contributed by atoms with Gasteiger partial charge in [-0.15, -0.1) is 0 Å². The Hall–Kier alpha value is -2.54. The highest BCUT2D eigenvalue weighted by Gasteiger charge is 2.29. The van der Waals surface area contributed by atoms with Gasteiger partial charge in [0.1, 0.15) is 18.1 Å². The normalized spacial score (nSPS) is 15.3. The first-order chi connectivity index (χ1) is 15.4. The summed E-state index contributed by atoms with van der Waals surface area (Å²) in [6.45, 7) is 5.47. The van der Waals surface area contributed by atoms with Crippen molar-refractivity contribution in [3.8, 4) is 0 Å². The van der Waals surface area contributed by atoms with Crippen LogP contribution in [0.2, 0.25) is 0 Å². The number of nitrogens with two attached hydrogens (primary N) is 3. The molecule has 0 saturated heterocycles. The summed E-state index contributed by atoms with van der Waals surface area (Å²) in [7, 11) is 0.